The second kappa shape index (κ2) is 7.09. The van der Waals surface area contributed by atoms with Crippen molar-refractivity contribution in [2.75, 3.05) is 20.2 Å². The lowest BCUT2D eigenvalue weighted by atomic mass is 9.95. The Hall–Kier alpha value is -1.27. The summed E-state index contributed by atoms with van der Waals surface area (Å²) in [6.45, 7) is 6.83. The molecule has 0 spiro atoms. The van der Waals surface area contributed by atoms with Gasteiger partial charge in [0, 0.05) is 18.0 Å². The predicted molar refractivity (Wildman–Crippen MR) is 90.5 cm³/mol. The molecule has 0 aliphatic carbocycles. The van der Waals surface area contributed by atoms with E-state index in [9.17, 15) is 9.59 Å². The zero-order valence-electron chi connectivity index (χ0n) is 13.8. The van der Waals surface area contributed by atoms with Crippen LogP contribution >= 0.6 is 22.9 Å². The molecule has 1 amide bonds. The van der Waals surface area contributed by atoms with E-state index in [2.05, 4.69) is 0 Å². The molecule has 1 aliphatic rings. The lowest BCUT2D eigenvalue weighted by molar-refractivity contribution is 0.0205. The van der Waals surface area contributed by atoms with Gasteiger partial charge in [-0.05, 0) is 45.6 Å². The number of likely N-dealkylation sites (tertiary alicyclic amines) is 1. The number of nitrogens with zero attached hydrogens (tertiary/aromatic N) is 1. The molecule has 1 aromatic rings. The highest BCUT2D eigenvalue weighted by Gasteiger charge is 2.29. The number of carbonyl (C=O) groups excluding carboxylic acids is 2. The number of halogens is 1. The molecule has 2 heterocycles. The predicted octanol–water partition coefficient (Wildman–Crippen LogP) is 4.30. The number of esters is 1. The third-order valence-electron chi connectivity index (χ3n) is 3.62. The maximum Gasteiger partial charge on any atom is 0.410 e. The van der Waals surface area contributed by atoms with Crippen molar-refractivity contribution in [3.63, 3.8) is 0 Å². The molecule has 0 aromatic carbocycles. The summed E-state index contributed by atoms with van der Waals surface area (Å²) < 4.78 is 10.1. The van der Waals surface area contributed by atoms with Gasteiger partial charge >= 0.3 is 12.1 Å². The fraction of sp³-hybridized carbons (Fsp3) is 0.625. The van der Waals surface area contributed by atoms with Crippen LogP contribution in [0.15, 0.2) is 6.07 Å². The summed E-state index contributed by atoms with van der Waals surface area (Å²) >= 11 is 7.64. The van der Waals surface area contributed by atoms with Gasteiger partial charge in [0.1, 0.15) is 10.5 Å². The molecule has 0 atom stereocenters. The SMILES string of the molecule is COC(=O)c1cc(Cl)c(C2CCN(C(=O)OC(C)(C)C)CC2)s1. The number of hydrogen-bond donors (Lipinski definition) is 0. The fourth-order valence-corrected chi connectivity index (χ4v) is 4.10. The third kappa shape index (κ3) is 4.61. The van der Waals surface area contributed by atoms with Crippen molar-refractivity contribution in [1.29, 1.82) is 0 Å². The van der Waals surface area contributed by atoms with Gasteiger partial charge in [0.05, 0.1) is 12.1 Å². The van der Waals surface area contributed by atoms with Gasteiger partial charge in [-0.3, -0.25) is 0 Å². The zero-order chi connectivity index (χ0) is 17.2. The average Bonchev–Trinajstić information content (AvgIpc) is 2.87. The lowest BCUT2D eigenvalue weighted by Crippen LogP contribution is -2.41. The molecule has 0 unspecified atom stereocenters. The summed E-state index contributed by atoms with van der Waals surface area (Å²) in [6.07, 6.45) is 1.34. The maximum absolute atomic E-state index is 12.1. The molecule has 128 valence electrons. The largest absolute Gasteiger partial charge is 0.465 e. The molecule has 1 saturated heterocycles. The Labute approximate surface area is 145 Å². The Morgan fingerprint density at radius 2 is 1.91 bits per heavy atom. The Morgan fingerprint density at radius 1 is 1.30 bits per heavy atom. The van der Waals surface area contributed by atoms with Crippen molar-refractivity contribution >= 4 is 35.0 Å². The van der Waals surface area contributed by atoms with Crippen LogP contribution in [0.1, 0.15) is 54.1 Å². The van der Waals surface area contributed by atoms with Crippen LogP contribution in [-0.2, 0) is 9.47 Å². The monoisotopic (exact) mass is 359 g/mol. The number of amides is 1. The highest BCUT2D eigenvalue weighted by Crippen LogP contribution is 2.39. The molecule has 23 heavy (non-hydrogen) atoms. The average molecular weight is 360 g/mol. The summed E-state index contributed by atoms with van der Waals surface area (Å²) in [5, 5.41) is 0.603. The number of ether oxygens (including phenoxy) is 2. The molecule has 1 fully saturated rings. The van der Waals surface area contributed by atoms with Gasteiger partial charge < -0.3 is 14.4 Å². The number of rotatable bonds is 2. The summed E-state index contributed by atoms with van der Waals surface area (Å²) in [7, 11) is 1.36. The Balaban J connectivity index is 1.98. The second-order valence-electron chi connectivity index (χ2n) is 6.56. The van der Waals surface area contributed by atoms with Gasteiger partial charge in [-0.25, -0.2) is 9.59 Å². The van der Waals surface area contributed by atoms with Crippen LogP contribution < -0.4 is 0 Å². The zero-order valence-corrected chi connectivity index (χ0v) is 15.4. The van der Waals surface area contributed by atoms with Crippen LogP contribution in [0, 0.1) is 0 Å². The summed E-state index contributed by atoms with van der Waals surface area (Å²) in [4.78, 5) is 26.9. The Bertz CT molecular complexity index is 585. The minimum Gasteiger partial charge on any atom is -0.465 e. The molecule has 0 N–H and O–H groups in total. The highest BCUT2D eigenvalue weighted by molar-refractivity contribution is 7.14. The summed E-state index contributed by atoms with van der Waals surface area (Å²) in [5.41, 5.74) is -0.486. The maximum atomic E-state index is 12.1. The van der Waals surface area contributed by atoms with Gasteiger partial charge in [-0.15, -0.1) is 11.3 Å². The van der Waals surface area contributed by atoms with E-state index in [4.69, 9.17) is 21.1 Å². The van der Waals surface area contributed by atoms with E-state index >= 15 is 0 Å². The van der Waals surface area contributed by atoms with Crippen LogP contribution in [0.25, 0.3) is 0 Å². The van der Waals surface area contributed by atoms with Crippen molar-refractivity contribution in [2.45, 2.75) is 45.1 Å². The van der Waals surface area contributed by atoms with Crippen molar-refractivity contribution < 1.29 is 19.1 Å². The van der Waals surface area contributed by atoms with Gasteiger partial charge in [0.2, 0.25) is 0 Å². The minimum atomic E-state index is -0.486. The van der Waals surface area contributed by atoms with E-state index in [1.165, 1.54) is 18.4 Å². The number of thiophene rings is 1. The highest BCUT2D eigenvalue weighted by atomic mass is 35.5. The smallest absolute Gasteiger partial charge is 0.410 e. The van der Waals surface area contributed by atoms with Crippen LogP contribution in [0.5, 0.6) is 0 Å². The lowest BCUT2D eigenvalue weighted by Gasteiger charge is -2.33. The quantitative estimate of drug-likeness (QED) is 0.738. The van der Waals surface area contributed by atoms with Gasteiger partial charge in [-0.2, -0.15) is 0 Å². The van der Waals surface area contributed by atoms with Gasteiger partial charge in [-0.1, -0.05) is 11.6 Å². The van der Waals surface area contributed by atoms with E-state index in [1.54, 1.807) is 11.0 Å². The van der Waals surface area contributed by atoms with Crippen LogP contribution in [0.3, 0.4) is 0 Å². The first-order chi connectivity index (χ1) is 10.7. The molecule has 1 aromatic heterocycles. The van der Waals surface area contributed by atoms with Gasteiger partial charge in [0.25, 0.3) is 0 Å². The first-order valence-corrected chi connectivity index (χ1v) is 8.76. The van der Waals surface area contributed by atoms with E-state index in [1.807, 2.05) is 20.8 Å². The van der Waals surface area contributed by atoms with E-state index < -0.39 is 5.60 Å². The molecule has 7 heteroatoms. The molecule has 0 bridgehead atoms. The van der Waals surface area contributed by atoms with Crippen molar-refractivity contribution in [1.82, 2.24) is 4.90 Å². The molecular formula is C16H22ClNO4S. The van der Waals surface area contributed by atoms with Crippen molar-refractivity contribution in [3.05, 3.63) is 20.8 Å². The van der Waals surface area contributed by atoms with E-state index in [-0.39, 0.29) is 18.0 Å². The molecule has 0 radical (unpaired) electrons. The van der Waals surface area contributed by atoms with Crippen molar-refractivity contribution in [2.24, 2.45) is 0 Å². The van der Waals surface area contributed by atoms with Crippen molar-refractivity contribution in [3.8, 4) is 0 Å². The number of carbonyl (C=O) groups is 2. The summed E-state index contributed by atoms with van der Waals surface area (Å²) in [6, 6.07) is 1.66. The first-order valence-electron chi connectivity index (χ1n) is 7.56. The molecular weight excluding hydrogens is 338 g/mol. The molecule has 2 rings (SSSR count). The standard InChI is InChI=1S/C16H22ClNO4S/c1-16(2,3)22-15(20)18-7-5-10(6-8-18)13-11(17)9-12(23-13)14(19)21-4/h9-10H,5-8H2,1-4H3. The third-order valence-corrected chi connectivity index (χ3v) is 5.32. The molecule has 5 nitrogen and oxygen atoms in total. The summed E-state index contributed by atoms with van der Waals surface area (Å²) in [5.74, 6) is -0.112. The normalized spacial score (nSPS) is 16.3. The minimum absolute atomic E-state index is 0.254. The number of piperidine rings is 1. The van der Waals surface area contributed by atoms with Gasteiger partial charge in [0.15, 0.2) is 0 Å². The number of methoxy groups -OCH3 is 1. The second-order valence-corrected chi connectivity index (χ2v) is 8.05. The Kier molecular flexibility index (Phi) is 5.57. The fourth-order valence-electron chi connectivity index (χ4n) is 2.51. The Morgan fingerprint density at radius 3 is 2.43 bits per heavy atom. The van der Waals surface area contributed by atoms with E-state index in [0.717, 1.165) is 17.7 Å². The molecule has 1 aliphatic heterocycles. The first kappa shape index (κ1) is 18.1. The van der Waals surface area contributed by atoms with Crippen LogP contribution in [0.4, 0.5) is 4.79 Å². The molecule has 0 saturated carbocycles. The van der Waals surface area contributed by atoms with Crippen LogP contribution in [-0.4, -0.2) is 42.8 Å². The number of hydrogen-bond acceptors (Lipinski definition) is 5. The van der Waals surface area contributed by atoms with E-state index in [0.29, 0.717) is 23.0 Å². The van der Waals surface area contributed by atoms with Crippen LogP contribution in [0.2, 0.25) is 5.02 Å². The topological polar surface area (TPSA) is 55.8 Å².